The molecule has 0 atom stereocenters. The van der Waals surface area contributed by atoms with Crippen molar-refractivity contribution in [2.24, 2.45) is 0 Å². The number of rotatable bonds is 7. The Balaban J connectivity index is 1.93. The monoisotopic (exact) mass is 300 g/mol. The van der Waals surface area contributed by atoms with Crippen LogP contribution >= 0.6 is 11.3 Å². The fourth-order valence-corrected chi connectivity index (χ4v) is 3.91. The van der Waals surface area contributed by atoms with Crippen molar-refractivity contribution in [3.05, 3.63) is 34.5 Å². The molecule has 19 heavy (non-hydrogen) atoms. The standard InChI is InChI=1S/C11H16N4O2S2/c1-12-7-9-6-10(8-18-9)19(16,17)15-3-2-11-13-4-5-14-11/h4-6,8,12,15H,2-3,7H2,1H3,(H,13,14). The molecule has 3 N–H and O–H groups in total. The fourth-order valence-electron chi connectivity index (χ4n) is 1.59. The molecule has 0 aliphatic heterocycles. The summed E-state index contributed by atoms with van der Waals surface area (Å²) in [5, 5.41) is 4.65. The first kappa shape index (κ1) is 14.2. The first-order valence-corrected chi connectivity index (χ1v) is 8.18. The Morgan fingerprint density at radius 3 is 3.00 bits per heavy atom. The molecule has 2 aromatic heterocycles. The quantitative estimate of drug-likeness (QED) is 0.703. The van der Waals surface area contributed by atoms with Crippen molar-refractivity contribution < 1.29 is 8.42 Å². The van der Waals surface area contributed by atoms with Crippen molar-refractivity contribution in [1.29, 1.82) is 0 Å². The maximum atomic E-state index is 12.0. The van der Waals surface area contributed by atoms with Gasteiger partial charge in [0, 0.05) is 42.2 Å². The van der Waals surface area contributed by atoms with Gasteiger partial charge >= 0.3 is 0 Å². The highest BCUT2D eigenvalue weighted by Gasteiger charge is 2.15. The zero-order valence-corrected chi connectivity index (χ0v) is 12.1. The number of imidazole rings is 1. The van der Waals surface area contributed by atoms with E-state index in [2.05, 4.69) is 20.0 Å². The molecule has 2 heterocycles. The molecule has 0 saturated carbocycles. The van der Waals surface area contributed by atoms with E-state index in [0.29, 0.717) is 24.4 Å². The maximum absolute atomic E-state index is 12.0. The highest BCUT2D eigenvalue weighted by molar-refractivity contribution is 7.89. The lowest BCUT2D eigenvalue weighted by Gasteiger charge is -2.03. The van der Waals surface area contributed by atoms with Crippen molar-refractivity contribution in [2.75, 3.05) is 13.6 Å². The molecule has 0 aromatic carbocycles. The molecular formula is C11H16N4O2S2. The number of aromatic amines is 1. The topological polar surface area (TPSA) is 86.9 Å². The average molecular weight is 300 g/mol. The molecule has 0 unspecified atom stereocenters. The van der Waals surface area contributed by atoms with Gasteiger partial charge in [0.15, 0.2) is 0 Å². The van der Waals surface area contributed by atoms with Gasteiger partial charge in [-0.05, 0) is 13.1 Å². The Bertz CT molecular complexity index is 604. The summed E-state index contributed by atoms with van der Waals surface area (Å²) >= 11 is 1.43. The van der Waals surface area contributed by atoms with Gasteiger partial charge in [-0.15, -0.1) is 11.3 Å². The molecule has 0 aliphatic carbocycles. The predicted octanol–water partition coefficient (Wildman–Crippen LogP) is 0.712. The normalized spacial score (nSPS) is 11.8. The van der Waals surface area contributed by atoms with Gasteiger partial charge in [0.05, 0.1) is 4.90 Å². The van der Waals surface area contributed by atoms with Crippen LogP contribution in [-0.2, 0) is 23.0 Å². The van der Waals surface area contributed by atoms with E-state index in [4.69, 9.17) is 0 Å². The molecule has 0 fully saturated rings. The van der Waals surface area contributed by atoms with Crippen molar-refractivity contribution >= 4 is 21.4 Å². The van der Waals surface area contributed by atoms with Gasteiger partial charge in [-0.25, -0.2) is 18.1 Å². The van der Waals surface area contributed by atoms with Crippen molar-refractivity contribution in [3.8, 4) is 0 Å². The van der Waals surface area contributed by atoms with Gasteiger partial charge in [-0.1, -0.05) is 0 Å². The molecule has 104 valence electrons. The second-order valence-corrected chi connectivity index (χ2v) is 6.73. The third-order valence-electron chi connectivity index (χ3n) is 2.50. The van der Waals surface area contributed by atoms with Crippen LogP contribution in [0.3, 0.4) is 0 Å². The summed E-state index contributed by atoms with van der Waals surface area (Å²) in [5.41, 5.74) is 0. The molecule has 8 heteroatoms. The average Bonchev–Trinajstić information content (AvgIpc) is 3.00. The van der Waals surface area contributed by atoms with Crippen molar-refractivity contribution in [3.63, 3.8) is 0 Å². The number of nitrogens with one attached hydrogen (secondary N) is 3. The lowest BCUT2D eigenvalue weighted by Crippen LogP contribution is -2.25. The van der Waals surface area contributed by atoms with Gasteiger partial charge in [0.25, 0.3) is 0 Å². The van der Waals surface area contributed by atoms with Gasteiger partial charge in [0.2, 0.25) is 10.0 Å². The van der Waals surface area contributed by atoms with Crippen LogP contribution in [0.15, 0.2) is 28.7 Å². The van der Waals surface area contributed by atoms with Crippen LogP contribution < -0.4 is 10.0 Å². The number of aromatic nitrogens is 2. The van der Waals surface area contributed by atoms with E-state index in [0.717, 1.165) is 10.7 Å². The number of hydrogen-bond acceptors (Lipinski definition) is 5. The van der Waals surface area contributed by atoms with Crippen molar-refractivity contribution in [1.82, 2.24) is 20.0 Å². The Hall–Kier alpha value is -1.22. The molecule has 0 spiro atoms. The number of nitrogens with zero attached hydrogens (tertiary/aromatic N) is 1. The minimum absolute atomic E-state index is 0.321. The highest BCUT2D eigenvalue weighted by atomic mass is 32.2. The third kappa shape index (κ3) is 3.87. The first-order chi connectivity index (χ1) is 9.12. The summed E-state index contributed by atoms with van der Waals surface area (Å²) in [5.74, 6) is 0.767. The minimum atomic E-state index is -3.42. The Morgan fingerprint density at radius 1 is 1.47 bits per heavy atom. The summed E-state index contributed by atoms with van der Waals surface area (Å²) in [6, 6.07) is 1.69. The minimum Gasteiger partial charge on any atom is -0.349 e. The van der Waals surface area contributed by atoms with Crippen LogP contribution in [0.5, 0.6) is 0 Å². The molecule has 6 nitrogen and oxygen atoms in total. The van der Waals surface area contributed by atoms with E-state index in [9.17, 15) is 8.42 Å². The van der Waals surface area contributed by atoms with E-state index in [1.807, 2.05) is 7.05 Å². The van der Waals surface area contributed by atoms with Gasteiger partial charge in [0.1, 0.15) is 5.82 Å². The molecule has 0 saturated heterocycles. The number of sulfonamides is 1. The Labute approximate surface area is 116 Å². The second kappa shape index (κ2) is 6.29. The van der Waals surface area contributed by atoms with Crippen LogP contribution in [0.4, 0.5) is 0 Å². The smallest absolute Gasteiger partial charge is 0.241 e. The van der Waals surface area contributed by atoms with E-state index in [1.54, 1.807) is 23.8 Å². The van der Waals surface area contributed by atoms with Crippen molar-refractivity contribution in [2.45, 2.75) is 17.9 Å². The van der Waals surface area contributed by atoms with Crippen LogP contribution in [0.2, 0.25) is 0 Å². The van der Waals surface area contributed by atoms with Gasteiger partial charge in [-0.3, -0.25) is 0 Å². The predicted molar refractivity (Wildman–Crippen MR) is 74.6 cm³/mol. The van der Waals surface area contributed by atoms with Gasteiger partial charge in [-0.2, -0.15) is 0 Å². The number of thiophene rings is 1. The second-order valence-electron chi connectivity index (χ2n) is 3.96. The molecule has 2 aromatic rings. The number of H-pyrrole nitrogens is 1. The number of hydrogen-bond donors (Lipinski definition) is 3. The fraction of sp³-hybridized carbons (Fsp3) is 0.364. The summed E-state index contributed by atoms with van der Waals surface area (Å²) in [4.78, 5) is 8.29. The highest BCUT2D eigenvalue weighted by Crippen LogP contribution is 2.18. The Morgan fingerprint density at radius 2 is 2.32 bits per heavy atom. The van der Waals surface area contributed by atoms with Gasteiger partial charge < -0.3 is 10.3 Å². The Kier molecular flexibility index (Phi) is 4.70. The SMILES string of the molecule is CNCc1cc(S(=O)(=O)NCCc2ncc[nH]2)cs1. The van der Waals surface area contributed by atoms with Crippen LogP contribution in [0.1, 0.15) is 10.7 Å². The lowest BCUT2D eigenvalue weighted by molar-refractivity contribution is 0.581. The molecule has 2 rings (SSSR count). The maximum Gasteiger partial charge on any atom is 0.241 e. The zero-order chi connectivity index (χ0) is 13.7. The summed E-state index contributed by atoms with van der Waals surface area (Å²) in [7, 11) is -1.59. The summed E-state index contributed by atoms with van der Waals surface area (Å²) in [6.45, 7) is 1.000. The zero-order valence-electron chi connectivity index (χ0n) is 10.5. The largest absolute Gasteiger partial charge is 0.349 e. The molecule has 0 amide bonds. The molecular weight excluding hydrogens is 284 g/mol. The van der Waals surface area contributed by atoms with E-state index < -0.39 is 10.0 Å². The summed E-state index contributed by atoms with van der Waals surface area (Å²) in [6.07, 6.45) is 3.90. The third-order valence-corrected chi connectivity index (χ3v) is 5.03. The van der Waals surface area contributed by atoms with E-state index >= 15 is 0 Å². The van der Waals surface area contributed by atoms with E-state index in [1.165, 1.54) is 11.3 Å². The molecule has 0 bridgehead atoms. The lowest BCUT2D eigenvalue weighted by atomic mass is 10.4. The molecule has 0 radical (unpaired) electrons. The molecule has 0 aliphatic rings. The summed E-state index contributed by atoms with van der Waals surface area (Å²) < 4.78 is 26.6. The van der Waals surface area contributed by atoms with E-state index in [-0.39, 0.29) is 0 Å². The van der Waals surface area contributed by atoms with Crippen LogP contribution in [0.25, 0.3) is 0 Å². The first-order valence-electron chi connectivity index (χ1n) is 5.82. The van der Waals surface area contributed by atoms with Crippen LogP contribution in [-0.4, -0.2) is 32.0 Å². The van der Waals surface area contributed by atoms with Crippen LogP contribution in [0, 0.1) is 0 Å².